The molecule has 0 unspecified atom stereocenters. The first-order valence-corrected chi connectivity index (χ1v) is 7.57. The Kier molecular flexibility index (Phi) is 5.37. The van der Waals surface area contributed by atoms with Crippen LogP contribution in [0.4, 0.5) is 0 Å². The molecule has 1 aliphatic rings. The van der Waals surface area contributed by atoms with Gasteiger partial charge in [0, 0.05) is 23.1 Å². The molecule has 0 bridgehead atoms. The summed E-state index contributed by atoms with van der Waals surface area (Å²) in [4.78, 5) is 24.9. The first-order valence-electron chi connectivity index (χ1n) is 6.78. The number of hydrogen-bond acceptors (Lipinski definition) is 5. The molecule has 2 amide bonds. The van der Waals surface area contributed by atoms with Crippen LogP contribution in [0.2, 0.25) is 0 Å². The average Bonchev–Trinajstić information content (AvgIpc) is 2.95. The van der Waals surface area contributed by atoms with Crippen LogP contribution in [0.3, 0.4) is 0 Å². The number of fused-ring (bicyclic) bond motifs is 1. The lowest BCUT2D eigenvalue weighted by atomic mass is 10.2. The first-order chi connectivity index (χ1) is 10.6. The minimum Gasteiger partial charge on any atom is -0.454 e. The van der Waals surface area contributed by atoms with Gasteiger partial charge in [-0.15, -0.1) is 0 Å². The van der Waals surface area contributed by atoms with Gasteiger partial charge in [0.25, 0.3) is 0 Å². The molecule has 1 aliphatic heterocycles. The molecule has 1 N–H and O–H groups in total. The normalized spacial score (nSPS) is 12.5. The van der Waals surface area contributed by atoms with E-state index in [4.69, 9.17) is 9.47 Å². The van der Waals surface area contributed by atoms with Crippen LogP contribution >= 0.6 is 15.9 Å². The zero-order valence-corrected chi connectivity index (χ0v) is 13.8. The number of benzene rings is 1. The van der Waals surface area contributed by atoms with Crippen molar-refractivity contribution in [3.05, 3.63) is 22.2 Å². The van der Waals surface area contributed by atoms with Crippen LogP contribution in [0.25, 0.3) is 0 Å². The van der Waals surface area contributed by atoms with Crippen molar-refractivity contribution in [3.63, 3.8) is 0 Å². The SMILES string of the molecule is CCN(CC)C(=O)C(=O)N/N=C\c1cc2c(cc1Br)OCO2. The molecule has 0 aromatic heterocycles. The van der Waals surface area contributed by atoms with Crippen LogP contribution in [0.5, 0.6) is 11.5 Å². The van der Waals surface area contributed by atoms with Crippen molar-refractivity contribution in [2.45, 2.75) is 13.8 Å². The molecule has 118 valence electrons. The second-order valence-electron chi connectivity index (χ2n) is 4.40. The summed E-state index contributed by atoms with van der Waals surface area (Å²) >= 11 is 3.38. The Hall–Kier alpha value is -2.09. The number of carbonyl (C=O) groups is 2. The maximum Gasteiger partial charge on any atom is 0.329 e. The number of halogens is 1. The van der Waals surface area contributed by atoms with Gasteiger partial charge in [0.1, 0.15) is 0 Å². The van der Waals surface area contributed by atoms with E-state index >= 15 is 0 Å². The van der Waals surface area contributed by atoms with Crippen molar-refractivity contribution in [3.8, 4) is 11.5 Å². The number of carbonyl (C=O) groups excluding carboxylic acids is 2. The molecule has 0 saturated carbocycles. The molecule has 0 radical (unpaired) electrons. The van der Waals surface area contributed by atoms with E-state index in [2.05, 4.69) is 26.5 Å². The smallest absolute Gasteiger partial charge is 0.329 e. The Labute approximate surface area is 136 Å². The Balaban J connectivity index is 2.01. The van der Waals surface area contributed by atoms with Gasteiger partial charge >= 0.3 is 11.8 Å². The van der Waals surface area contributed by atoms with Gasteiger partial charge in [0.2, 0.25) is 6.79 Å². The van der Waals surface area contributed by atoms with Crippen molar-refractivity contribution in [1.29, 1.82) is 0 Å². The number of amides is 2. The van der Waals surface area contributed by atoms with Crippen LogP contribution in [-0.2, 0) is 9.59 Å². The maximum absolute atomic E-state index is 11.8. The summed E-state index contributed by atoms with van der Waals surface area (Å²) in [5, 5.41) is 3.80. The fraction of sp³-hybridized carbons (Fsp3) is 0.357. The second kappa shape index (κ2) is 7.26. The molecule has 8 heteroatoms. The number of rotatable bonds is 4. The number of nitrogens with one attached hydrogen (secondary N) is 1. The molecule has 0 saturated heterocycles. The summed E-state index contributed by atoms with van der Waals surface area (Å²) in [6.45, 7) is 4.74. The molecule has 0 atom stereocenters. The lowest BCUT2D eigenvalue weighted by Gasteiger charge is -2.16. The highest BCUT2D eigenvalue weighted by atomic mass is 79.9. The van der Waals surface area contributed by atoms with E-state index in [1.165, 1.54) is 11.1 Å². The lowest BCUT2D eigenvalue weighted by molar-refractivity contribution is -0.145. The predicted octanol–water partition coefficient (Wildman–Crippen LogP) is 1.50. The highest BCUT2D eigenvalue weighted by Crippen LogP contribution is 2.36. The summed E-state index contributed by atoms with van der Waals surface area (Å²) in [6.07, 6.45) is 1.43. The number of hydrazone groups is 1. The lowest BCUT2D eigenvalue weighted by Crippen LogP contribution is -2.41. The van der Waals surface area contributed by atoms with Crippen molar-refractivity contribution >= 4 is 34.0 Å². The molecule has 22 heavy (non-hydrogen) atoms. The van der Waals surface area contributed by atoms with Crippen LogP contribution in [0.1, 0.15) is 19.4 Å². The third-order valence-electron chi connectivity index (χ3n) is 3.11. The Morgan fingerprint density at radius 2 is 1.95 bits per heavy atom. The first kappa shape index (κ1) is 16.3. The molecule has 0 fully saturated rings. The van der Waals surface area contributed by atoms with Crippen LogP contribution in [-0.4, -0.2) is 42.8 Å². The van der Waals surface area contributed by atoms with Crippen LogP contribution < -0.4 is 14.9 Å². The summed E-state index contributed by atoms with van der Waals surface area (Å²) < 4.78 is 11.3. The molecule has 2 rings (SSSR count). The zero-order valence-electron chi connectivity index (χ0n) is 12.3. The Bertz CT molecular complexity index is 614. The Morgan fingerprint density at radius 3 is 2.59 bits per heavy atom. The van der Waals surface area contributed by atoms with E-state index < -0.39 is 11.8 Å². The fourth-order valence-corrected chi connectivity index (χ4v) is 2.32. The quantitative estimate of drug-likeness (QED) is 0.495. The standard InChI is InChI=1S/C14H16BrN3O4/c1-3-18(4-2)14(20)13(19)17-16-7-9-5-11-12(6-10(9)15)22-8-21-11/h5-7H,3-4,8H2,1-2H3,(H,17,19)/b16-7-. The maximum atomic E-state index is 11.8. The van der Waals surface area contributed by atoms with Gasteiger partial charge in [0.15, 0.2) is 11.5 Å². The number of hydrogen-bond donors (Lipinski definition) is 1. The van der Waals surface area contributed by atoms with Gasteiger partial charge in [-0.25, -0.2) is 5.43 Å². The fourth-order valence-electron chi connectivity index (χ4n) is 1.89. The topological polar surface area (TPSA) is 80.2 Å². The van der Waals surface area contributed by atoms with Gasteiger partial charge in [-0.2, -0.15) is 5.10 Å². The van der Waals surface area contributed by atoms with Gasteiger partial charge in [-0.05, 0) is 41.9 Å². The van der Waals surface area contributed by atoms with E-state index in [-0.39, 0.29) is 6.79 Å². The summed E-state index contributed by atoms with van der Waals surface area (Å²) in [7, 11) is 0. The number of ether oxygens (including phenoxy) is 2. The molecular weight excluding hydrogens is 354 g/mol. The number of nitrogens with zero attached hydrogens (tertiary/aromatic N) is 2. The van der Waals surface area contributed by atoms with Crippen molar-refractivity contribution in [2.75, 3.05) is 19.9 Å². The monoisotopic (exact) mass is 369 g/mol. The molecule has 1 heterocycles. The van der Waals surface area contributed by atoms with Gasteiger partial charge in [0.05, 0.1) is 6.21 Å². The number of likely N-dealkylation sites (N-methyl/N-ethyl adjacent to an activating group) is 1. The minimum atomic E-state index is -0.767. The highest BCUT2D eigenvalue weighted by molar-refractivity contribution is 9.10. The summed E-state index contributed by atoms with van der Waals surface area (Å²) in [5.41, 5.74) is 2.92. The van der Waals surface area contributed by atoms with Gasteiger partial charge < -0.3 is 14.4 Å². The molecule has 1 aromatic rings. The van der Waals surface area contributed by atoms with E-state index in [9.17, 15) is 9.59 Å². The molecule has 7 nitrogen and oxygen atoms in total. The average molecular weight is 370 g/mol. The second-order valence-corrected chi connectivity index (χ2v) is 5.26. The molecular formula is C14H16BrN3O4. The zero-order chi connectivity index (χ0) is 16.1. The van der Waals surface area contributed by atoms with E-state index in [1.807, 2.05) is 13.8 Å². The van der Waals surface area contributed by atoms with Gasteiger partial charge in [-0.3, -0.25) is 9.59 Å². The highest BCUT2D eigenvalue weighted by Gasteiger charge is 2.19. The minimum absolute atomic E-state index is 0.178. The third-order valence-corrected chi connectivity index (χ3v) is 3.79. The van der Waals surface area contributed by atoms with E-state index in [0.29, 0.717) is 30.2 Å². The van der Waals surface area contributed by atoms with Gasteiger partial charge in [-0.1, -0.05) is 0 Å². The predicted molar refractivity (Wildman–Crippen MR) is 83.9 cm³/mol. The third kappa shape index (κ3) is 3.56. The summed E-state index contributed by atoms with van der Waals surface area (Å²) in [5.74, 6) is -0.122. The van der Waals surface area contributed by atoms with Crippen molar-refractivity contribution in [1.82, 2.24) is 10.3 Å². The van der Waals surface area contributed by atoms with Crippen molar-refractivity contribution in [2.24, 2.45) is 5.10 Å². The molecule has 0 spiro atoms. The molecule has 0 aliphatic carbocycles. The van der Waals surface area contributed by atoms with Crippen LogP contribution in [0.15, 0.2) is 21.7 Å². The Morgan fingerprint density at radius 1 is 1.32 bits per heavy atom. The van der Waals surface area contributed by atoms with Crippen LogP contribution in [0, 0.1) is 0 Å². The van der Waals surface area contributed by atoms with E-state index in [0.717, 1.165) is 4.47 Å². The van der Waals surface area contributed by atoms with Crippen molar-refractivity contribution < 1.29 is 19.1 Å². The molecule has 1 aromatic carbocycles. The largest absolute Gasteiger partial charge is 0.454 e. The van der Waals surface area contributed by atoms with E-state index in [1.54, 1.807) is 12.1 Å². The summed E-state index contributed by atoms with van der Waals surface area (Å²) in [6, 6.07) is 3.49.